The summed E-state index contributed by atoms with van der Waals surface area (Å²) in [6.45, 7) is 2.96. The third-order valence-electron chi connectivity index (χ3n) is 3.96. The number of benzene rings is 1. The van der Waals surface area contributed by atoms with Crippen LogP contribution < -0.4 is 20.9 Å². The summed E-state index contributed by atoms with van der Waals surface area (Å²) < 4.78 is 21.4. The lowest BCUT2D eigenvalue weighted by Gasteiger charge is -2.21. The lowest BCUT2D eigenvalue weighted by molar-refractivity contribution is 0.202. The average Bonchev–Trinajstić information content (AvgIpc) is 2.68. The lowest BCUT2D eigenvalue weighted by atomic mass is 10.1. The molecule has 0 spiro atoms. The summed E-state index contributed by atoms with van der Waals surface area (Å²) in [4.78, 5) is 24.1. The van der Waals surface area contributed by atoms with Crippen LogP contribution in [0.3, 0.4) is 0 Å². The monoisotopic (exact) mass is 461 g/mol. The van der Waals surface area contributed by atoms with Crippen LogP contribution in [0.15, 0.2) is 22.1 Å². The molecule has 1 heterocycles. The predicted molar refractivity (Wildman–Crippen MR) is 109 cm³/mol. The highest BCUT2D eigenvalue weighted by Gasteiger charge is 2.26. The van der Waals surface area contributed by atoms with Gasteiger partial charge in [-0.1, -0.05) is 42.2 Å². The average molecular weight is 462 g/mol. The zero-order valence-corrected chi connectivity index (χ0v) is 17.6. The third-order valence-corrected chi connectivity index (χ3v) is 4.58. The van der Waals surface area contributed by atoms with Crippen LogP contribution in [0.2, 0.25) is 10.0 Å². The number of nitrogens with zero attached hydrogens (tertiary/aromatic N) is 4. The van der Waals surface area contributed by atoms with Crippen LogP contribution in [-0.4, -0.2) is 38.6 Å². The minimum Gasteiger partial charge on any atom is -0.465 e. The van der Waals surface area contributed by atoms with Crippen molar-refractivity contribution in [3.05, 3.63) is 43.9 Å². The summed E-state index contributed by atoms with van der Waals surface area (Å²) in [6.07, 6.45) is -1.59. The largest absolute Gasteiger partial charge is 0.465 e. The second kappa shape index (κ2) is 9.18. The quantitative estimate of drug-likeness (QED) is 0.196. The number of nitrogens with two attached hydrogens (primary N) is 1. The van der Waals surface area contributed by atoms with Gasteiger partial charge in [-0.15, -0.1) is 5.10 Å². The molecule has 0 radical (unpaired) electrons. The van der Waals surface area contributed by atoms with Crippen molar-refractivity contribution in [1.82, 2.24) is 9.78 Å². The molecule has 0 aliphatic rings. The topological polar surface area (TPSA) is 143 Å². The maximum Gasteiger partial charge on any atom is 0.412 e. The van der Waals surface area contributed by atoms with Crippen LogP contribution >= 0.6 is 23.2 Å². The Labute approximate surface area is 179 Å². The maximum atomic E-state index is 14.9. The molecule has 2 aromatic rings. The van der Waals surface area contributed by atoms with Gasteiger partial charge in [0.05, 0.1) is 17.3 Å². The molecular formula is C17H18Cl2FN5O5. The van der Waals surface area contributed by atoms with Gasteiger partial charge in [-0.05, 0) is 12.0 Å². The number of oxime groups is 1. The molecule has 0 saturated carbocycles. The molecule has 0 fully saturated rings. The Morgan fingerprint density at radius 2 is 2.07 bits per heavy atom. The van der Waals surface area contributed by atoms with E-state index in [0.717, 1.165) is 10.7 Å². The van der Waals surface area contributed by atoms with Crippen LogP contribution in [0.4, 0.5) is 14.9 Å². The molecule has 13 heteroatoms. The zero-order valence-electron chi connectivity index (χ0n) is 16.1. The van der Waals surface area contributed by atoms with Gasteiger partial charge in [-0.3, -0.25) is 9.69 Å². The molecule has 0 unspecified atom stereocenters. The first-order chi connectivity index (χ1) is 14.0. The van der Waals surface area contributed by atoms with Gasteiger partial charge in [0.25, 0.3) is 5.56 Å². The van der Waals surface area contributed by atoms with Crippen molar-refractivity contribution >= 4 is 40.8 Å². The van der Waals surface area contributed by atoms with Crippen molar-refractivity contribution in [2.75, 3.05) is 11.4 Å². The first-order valence-corrected chi connectivity index (χ1v) is 9.13. The number of carbonyl (C=O) groups is 1. The molecule has 1 amide bonds. The Morgan fingerprint density at radius 1 is 1.43 bits per heavy atom. The molecule has 162 valence electrons. The molecule has 10 nitrogen and oxygen atoms in total. The number of rotatable bonds is 6. The number of hydrogen-bond acceptors (Lipinski definition) is 6. The molecule has 0 atom stereocenters. The highest BCUT2D eigenvalue weighted by Crippen LogP contribution is 2.42. The van der Waals surface area contributed by atoms with Gasteiger partial charge in [-0.25, -0.2) is 13.9 Å². The van der Waals surface area contributed by atoms with Crippen molar-refractivity contribution < 1.29 is 24.2 Å². The fourth-order valence-corrected chi connectivity index (χ4v) is 3.00. The Balaban J connectivity index is 2.54. The van der Waals surface area contributed by atoms with E-state index in [2.05, 4.69) is 10.3 Å². The summed E-state index contributed by atoms with van der Waals surface area (Å²) in [5.74, 6) is -2.18. The van der Waals surface area contributed by atoms with Gasteiger partial charge in [-0.2, -0.15) is 0 Å². The number of hydrogen-bond donors (Lipinski definition) is 3. The van der Waals surface area contributed by atoms with E-state index in [9.17, 15) is 19.1 Å². The molecule has 2 rings (SSSR count). The highest BCUT2D eigenvalue weighted by molar-refractivity contribution is 6.38. The van der Waals surface area contributed by atoms with Gasteiger partial charge >= 0.3 is 6.09 Å². The Morgan fingerprint density at radius 3 is 2.60 bits per heavy atom. The normalized spacial score (nSPS) is 11.6. The van der Waals surface area contributed by atoms with Crippen LogP contribution in [0.1, 0.15) is 25.3 Å². The minimum atomic E-state index is -1.59. The van der Waals surface area contributed by atoms with Crippen molar-refractivity contribution in [3.8, 4) is 11.6 Å². The zero-order chi connectivity index (χ0) is 22.7. The molecule has 30 heavy (non-hydrogen) atoms. The van der Waals surface area contributed by atoms with E-state index in [0.29, 0.717) is 10.5 Å². The van der Waals surface area contributed by atoms with Gasteiger partial charge in [0.1, 0.15) is 5.02 Å². The first kappa shape index (κ1) is 23.2. The number of anilines is 1. The molecule has 1 aromatic carbocycles. The van der Waals surface area contributed by atoms with Gasteiger partial charge in [0.15, 0.2) is 17.4 Å². The van der Waals surface area contributed by atoms with Crippen LogP contribution in [0.25, 0.3) is 0 Å². The smallest absolute Gasteiger partial charge is 0.412 e. The van der Waals surface area contributed by atoms with E-state index in [1.54, 1.807) is 13.8 Å². The van der Waals surface area contributed by atoms with E-state index in [4.69, 9.17) is 38.9 Å². The molecule has 1 aromatic heterocycles. The summed E-state index contributed by atoms with van der Waals surface area (Å²) in [5.41, 5.74) is 4.87. The van der Waals surface area contributed by atoms with E-state index < -0.39 is 35.0 Å². The van der Waals surface area contributed by atoms with Crippen molar-refractivity contribution in [2.24, 2.45) is 17.9 Å². The minimum absolute atomic E-state index is 0.0662. The van der Waals surface area contributed by atoms with E-state index in [1.165, 1.54) is 13.1 Å². The Hall–Kier alpha value is -3.05. The highest BCUT2D eigenvalue weighted by atomic mass is 35.5. The molecule has 0 aliphatic carbocycles. The fourth-order valence-electron chi connectivity index (χ4n) is 2.48. The van der Waals surface area contributed by atoms with E-state index in [1.807, 2.05) is 0 Å². The second-order valence-electron chi connectivity index (χ2n) is 6.42. The Bertz CT molecular complexity index is 1070. The van der Waals surface area contributed by atoms with Gasteiger partial charge in [0, 0.05) is 18.7 Å². The summed E-state index contributed by atoms with van der Waals surface area (Å²) in [6, 6.07) is 2.34. The SMILES string of the molecule is CC(C)c1cc(Oc2c(Cl)cc(N(CC(N)=NO)C(=O)O)c(F)c2Cl)nn(C)c1=O. The number of carboxylic acid groups (broad SMARTS) is 1. The summed E-state index contributed by atoms with van der Waals surface area (Å²) >= 11 is 12.2. The van der Waals surface area contributed by atoms with E-state index in [-0.39, 0.29) is 28.1 Å². The van der Waals surface area contributed by atoms with Gasteiger partial charge in [0.2, 0.25) is 5.88 Å². The number of halogens is 3. The summed E-state index contributed by atoms with van der Waals surface area (Å²) in [5, 5.41) is 23.7. The van der Waals surface area contributed by atoms with Crippen LogP contribution in [-0.2, 0) is 7.05 Å². The maximum absolute atomic E-state index is 14.9. The second-order valence-corrected chi connectivity index (χ2v) is 7.20. The third kappa shape index (κ3) is 4.74. The Kier molecular flexibility index (Phi) is 7.11. The van der Waals surface area contributed by atoms with E-state index >= 15 is 0 Å². The standard InChI is InChI=1S/C17H18Cl2FN5O5/c1-7(2)8-4-12(22-24(3)16(8)26)30-15-9(18)5-10(14(20)13(15)19)25(17(27)28)6-11(21)23-29/h4-5,7,29H,6H2,1-3H3,(H2,21,23)(H,27,28). The van der Waals surface area contributed by atoms with Crippen LogP contribution in [0, 0.1) is 5.82 Å². The van der Waals surface area contributed by atoms with Crippen LogP contribution in [0.5, 0.6) is 11.6 Å². The predicted octanol–water partition coefficient (Wildman–Crippen LogP) is 3.37. The summed E-state index contributed by atoms with van der Waals surface area (Å²) in [7, 11) is 1.42. The van der Waals surface area contributed by atoms with Gasteiger partial charge < -0.3 is 20.8 Å². The number of amidine groups is 1. The molecular weight excluding hydrogens is 444 g/mol. The number of aryl methyl sites for hydroxylation is 1. The van der Waals surface area contributed by atoms with Crippen molar-refractivity contribution in [3.63, 3.8) is 0 Å². The van der Waals surface area contributed by atoms with Crippen molar-refractivity contribution in [2.45, 2.75) is 19.8 Å². The fraction of sp³-hybridized carbons (Fsp3) is 0.294. The van der Waals surface area contributed by atoms with Crippen molar-refractivity contribution in [1.29, 1.82) is 0 Å². The molecule has 0 aliphatic heterocycles. The first-order valence-electron chi connectivity index (χ1n) is 8.38. The molecule has 0 bridgehead atoms. The molecule has 4 N–H and O–H groups in total. The lowest BCUT2D eigenvalue weighted by Crippen LogP contribution is -2.38. The number of amides is 1. The number of ether oxygens (including phenoxy) is 1. The molecule has 0 saturated heterocycles. The number of aromatic nitrogens is 2.